The summed E-state index contributed by atoms with van der Waals surface area (Å²) < 4.78 is 5.94. The molecular formula is C19H20N4O. The van der Waals surface area contributed by atoms with Crippen LogP contribution < -0.4 is 15.4 Å². The molecule has 5 nitrogen and oxygen atoms in total. The van der Waals surface area contributed by atoms with Gasteiger partial charge < -0.3 is 15.4 Å². The van der Waals surface area contributed by atoms with Crippen LogP contribution in [0, 0.1) is 13.8 Å². The molecule has 0 spiro atoms. The summed E-state index contributed by atoms with van der Waals surface area (Å²) >= 11 is 0. The van der Waals surface area contributed by atoms with E-state index >= 15 is 0 Å². The van der Waals surface area contributed by atoms with Gasteiger partial charge in [0.15, 0.2) is 0 Å². The first-order valence-electron chi connectivity index (χ1n) is 7.71. The third kappa shape index (κ3) is 3.30. The van der Waals surface area contributed by atoms with Gasteiger partial charge in [-0.3, -0.25) is 0 Å². The van der Waals surface area contributed by atoms with Crippen LogP contribution in [0.15, 0.2) is 54.7 Å². The summed E-state index contributed by atoms with van der Waals surface area (Å²) in [6.45, 7) is 3.92. The second-order valence-electron chi connectivity index (χ2n) is 5.67. The van der Waals surface area contributed by atoms with Gasteiger partial charge in [-0.25, -0.2) is 4.98 Å². The van der Waals surface area contributed by atoms with Crippen LogP contribution in [0.5, 0.6) is 11.6 Å². The molecule has 3 rings (SSSR count). The minimum absolute atomic E-state index is 0.495. The van der Waals surface area contributed by atoms with Gasteiger partial charge >= 0.3 is 0 Å². The second-order valence-corrected chi connectivity index (χ2v) is 5.67. The number of nitrogen functional groups attached to an aromatic ring is 1. The lowest BCUT2D eigenvalue weighted by Gasteiger charge is -2.17. The number of hydrogen-bond donors (Lipinski definition) is 1. The van der Waals surface area contributed by atoms with Crippen LogP contribution in [0.3, 0.4) is 0 Å². The highest BCUT2D eigenvalue weighted by molar-refractivity contribution is 5.57. The van der Waals surface area contributed by atoms with Crippen LogP contribution >= 0.6 is 0 Å². The Hall–Kier alpha value is -3.08. The van der Waals surface area contributed by atoms with Crippen molar-refractivity contribution in [2.75, 3.05) is 17.7 Å². The van der Waals surface area contributed by atoms with E-state index in [-0.39, 0.29) is 0 Å². The average Bonchev–Trinajstić information content (AvgIpc) is 2.60. The number of aryl methyl sites for hydroxylation is 2. The van der Waals surface area contributed by atoms with Gasteiger partial charge in [-0.1, -0.05) is 18.2 Å². The minimum atomic E-state index is 0.495. The summed E-state index contributed by atoms with van der Waals surface area (Å²) in [4.78, 5) is 10.7. The van der Waals surface area contributed by atoms with Crippen LogP contribution in [0.4, 0.5) is 17.3 Å². The third-order valence-corrected chi connectivity index (χ3v) is 3.84. The van der Waals surface area contributed by atoms with Crippen molar-refractivity contribution in [3.05, 3.63) is 65.9 Å². The summed E-state index contributed by atoms with van der Waals surface area (Å²) in [7, 11) is 1.92. The molecule has 1 heterocycles. The Labute approximate surface area is 141 Å². The number of benzene rings is 2. The highest BCUT2D eigenvalue weighted by atomic mass is 16.5. The van der Waals surface area contributed by atoms with Crippen LogP contribution in [0.2, 0.25) is 0 Å². The first-order valence-corrected chi connectivity index (χ1v) is 7.71. The van der Waals surface area contributed by atoms with E-state index in [4.69, 9.17) is 10.5 Å². The highest BCUT2D eigenvalue weighted by Crippen LogP contribution is 2.29. The molecule has 0 aliphatic rings. The number of anilines is 3. The van der Waals surface area contributed by atoms with Crippen LogP contribution in [0.1, 0.15) is 11.1 Å². The Morgan fingerprint density at radius 1 is 1.00 bits per heavy atom. The van der Waals surface area contributed by atoms with E-state index in [2.05, 4.69) is 9.97 Å². The Bertz CT molecular complexity index is 849. The molecule has 2 aromatic carbocycles. The number of nitrogens with two attached hydrogens (primary N) is 1. The molecule has 0 fully saturated rings. The van der Waals surface area contributed by atoms with Crippen LogP contribution in [0.25, 0.3) is 0 Å². The molecule has 0 radical (unpaired) electrons. The molecular weight excluding hydrogens is 300 g/mol. The summed E-state index contributed by atoms with van der Waals surface area (Å²) in [5.41, 5.74) is 9.63. The third-order valence-electron chi connectivity index (χ3n) is 3.84. The van der Waals surface area contributed by atoms with Crippen molar-refractivity contribution in [2.45, 2.75) is 13.8 Å². The summed E-state index contributed by atoms with van der Waals surface area (Å²) in [5, 5.41) is 0. The quantitative estimate of drug-likeness (QED) is 0.729. The first kappa shape index (κ1) is 15.8. The molecule has 3 aromatic rings. The molecule has 24 heavy (non-hydrogen) atoms. The topological polar surface area (TPSA) is 64.3 Å². The zero-order valence-corrected chi connectivity index (χ0v) is 14.0. The maximum Gasteiger partial charge on any atom is 0.232 e. The summed E-state index contributed by atoms with van der Waals surface area (Å²) in [6.07, 6.45) is 1.69. The Morgan fingerprint density at radius 2 is 1.75 bits per heavy atom. The van der Waals surface area contributed by atoms with Crippen molar-refractivity contribution < 1.29 is 4.74 Å². The molecule has 0 atom stereocenters. The van der Waals surface area contributed by atoms with Gasteiger partial charge in [0.2, 0.25) is 11.8 Å². The average molecular weight is 320 g/mol. The van der Waals surface area contributed by atoms with E-state index in [0.717, 1.165) is 28.3 Å². The monoisotopic (exact) mass is 320 g/mol. The molecule has 5 heteroatoms. The van der Waals surface area contributed by atoms with Crippen LogP contribution in [-0.2, 0) is 0 Å². The van der Waals surface area contributed by atoms with E-state index in [9.17, 15) is 0 Å². The van der Waals surface area contributed by atoms with E-state index in [1.807, 2.05) is 68.3 Å². The lowest BCUT2D eigenvalue weighted by Crippen LogP contribution is -2.13. The molecule has 1 aromatic heterocycles. The van der Waals surface area contributed by atoms with Gasteiger partial charge in [-0.15, -0.1) is 0 Å². The SMILES string of the molecule is Cc1cc(Oc2ccnc(N(C)c3ccccc3)n2)c(C)cc1N. The number of para-hydroxylation sites is 1. The number of rotatable bonds is 4. The number of ether oxygens (including phenoxy) is 1. The van der Waals surface area contributed by atoms with Gasteiger partial charge in [0.1, 0.15) is 5.75 Å². The number of hydrogen-bond acceptors (Lipinski definition) is 5. The maximum absolute atomic E-state index is 5.94. The van der Waals surface area contributed by atoms with Crippen molar-refractivity contribution in [3.63, 3.8) is 0 Å². The van der Waals surface area contributed by atoms with E-state index in [1.54, 1.807) is 12.3 Å². The van der Waals surface area contributed by atoms with Crippen molar-refractivity contribution in [2.24, 2.45) is 0 Å². The van der Waals surface area contributed by atoms with Gasteiger partial charge in [-0.05, 0) is 49.2 Å². The predicted molar refractivity (Wildman–Crippen MR) is 96.9 cm³/mol. The van der Waals surface area contributed by atoms with Gasteiger partial charge in [0.25, 0.3) is 0 Å². The fraction of sp³-hybridized carbons (Fsp3) is 0.158. The van der Waals surface area contributed by atoms with Gasteiger partial charge in [0, 0.05) is 30.7 Å². The molecule has 0 saturated heterocycles. The van der Waals surface area contributed by atoms with E-state index in [1.165, 1.54) is 0 Å². The van der Waals surface area contributed by atoms with E-state index in [0.29, 0.717) is 11.8 Å². The fourth-order valence-corrected chi connectivity index (χ4v) is 2.35. The van der Waals surface area contributed by atoms with Crippen molar-refractivity contribution >= 4 is 17.3 Å². The smallest absolute Gasteiger partial charge is 0.232 e. The standard InChI is InChI=1S/C19H20N4O/c1-13-12-17(14(2)11-16(13)20)24-18-9-10-21-19(22-18)23(3)15-7-5-4-6-8-15/h4-12H,20H2,1-3H3. The van der Waals surface area contributed by atoms with Crippen molar-refractivity contribution in [1.82, 2.24) is 9.97 Å². The predicted octanol–water partition coefficient (Wildman–Crippen LogP) is 4.24. The van der Waals surface area contributed by atoms with Crippen molar-refractivity contribution in [3.8, 4) is 11.6 Å². The van der Waals surface area contributed by atoms with Gasteiger partial charge in [-0.2, -0.15) is 4.98 Å². The minimum Gasteiger partial charge on any atom is -0.439 e. The van der Waals surface area contributed by atoms with Crippen LogP contribution in [-0.4, -0.2) is 17.0 Å². The molecule has 2 N–H and O–H groups in total. The molecule has 0 aliphatic heterocycles. The molecule has 0 bridgehead atoms. The molecule has 0 unspecified atom stereocenters. The maximum atomic E-state index is 5.94. The van der Waals surface area contributed by atoms with E-state index < -0.39 is 0 Å². The highest BCUT2D eigenvalue weighted by Gasteiger charge is 2.10. The summed E-state index contributed by atoms with van der Waals surface area (Å²) in [5.74, 6) is 1.81. The fourth-order valence-electron chi connectivity index (χ4n) is 2.35. The summed E-state index contributed by atoms with van der Waals surface area (Å²) in [6, 6.07) is 15.5. The number of nitrogens with zero attached hydrogens (tertiary/aromatic N) is 3. The van der Waals surface area contributed by atoms with Gasteiger partial charge in [0.05, 0.1) is 0 Å². The molecule has 122 valence electrons. The molecule has 0 amide bonds. The van der Waals surface area contributed by atoms with Crippen molar-refractivity contribution in [1.29, 1.82) is 0 Å². The Balaban J connectivity index is 1.87. The zero-order chi connectivity index (χ0) is 17.1. The zero-order valence-electron chi connectivity index (χ0n) is 14.0. The normalized spacial score (nSPS) is 10.5. The Morgan fingerprint density at radius 3 is 2.50 bits per heavy atom. The lowest BCUT2D eigenvalue weighted by atomic mass is 10.1. The molecule has 0 saturated carbocycles. The second kappa shape index (κ2) is 6.58. The molecule has 0 aliphatic carbocycles. The first-order chi connectivity index (χ1) is 11.5. The number of aromatic nitrogens is 2. The largest absolute Gasteiger partial charge is 0.439 e. The Kier molecular flexibility index (Phi) is 4.33. The lowest BCUT2D eigenvalue weighted by molar-refractivity contribution is 0.458.